The van der Waals surface area contributed by atoms with Crippen LogP contribution in [0, 0.1) is 5.92 Å². The standard InChI is InChI=1S/C12H15Cl2N3O2/c1-6(2)10(17-12(15)19)11(18)16-7-3-4-8(13)9(14)5-7/h3-6,10H,1-2H3,(H,16,18)(H3,15,17,19)/t10-/m0/s1. The summed E-state index contributed by atoms with van der Waals surface area (Å²) in [5.41, 5.74) is 5.53. The van der Waals surface area contributed by atoms with Crippen LogP contribution in [-0.2, 0) is 4.79 Å². The molecule has 7 heteroatoms. The Morgan fingerprint density at radius 3 is 2.32 bits per heavy atom. The molecule has 1 aromatic rings. The smallest absolute Gasteiger partial charge is 0.312 e. The topological polar surface area (TPSA) is 84.2 Å². The van der Waals surface area contributed by atoms with Crippen LogP contribution in [0.4, 0.5) is 10.5 Å². The molecule has 0 aliphatic heterocycles. The zero-order valence-corrected chi connectivity index (χ0v) is 12.0. The second kappa shape index (κ2) is 6.63. The molecule has 4 N–H and O–H groups in total. The van der Waals surface area contributed by atoms with E-state index >= 15 is 0 Å². The summed E-state index contributed by atoms with van der Waals surface area (Å²) in [7, 11) is 0. The number of nitrogens with one attached hydrogen (secondary N) is 2. The van der Waals surface area contributed by atoms with Crippen molar-refractivity contribution in [1.29, 1.82) is 0 Å². The second-order valence-electron chi connectivity index (χ2n) is 4.35. The number of rotatable bonds is 4. The van der Waals surface area contributed by atoms with E-state index in [1.54, 1.807) is 26.0 Å². The summed E-state index contributed by atoms with van der Waals surface area (Å²) in [6, 6.07) is 3.26. The summed E-state index contributed by atoms with van der Waals surface area (Å²) >= 11 is 11.6. The molecule has 0 heterocycles. The zero-order valence-electron chi connectivity index (χ0n) is 10.5. The number of carbonyl (C=O) groups is 2. The van der Waals surface area contributed by atoms with Crippen molar-refractivity contribution in [2.45, 2.75) is 19.9 Å². The van der Waals surface area contributed by atoms with Crippen LogP contribution in [0.5, 0.6) is 0 Å². The lowest BCUT2D eigenvalue weighted by Gasteiger charge is -2.20. The van der Waals surface area contributed by atoms with Crippen LogP contribution in [-0.4, -0.2) is 18.0 Å². The van der Waals surface area contributed by atoms with E-state index in [4.69, 9.17) is 28.9 Å². The lowest BCUT2D eigenvalue weighted by Crippen LogP contribution is -2.49. The summed E-state index contributed by atoms with van der Waals surface area (Å²) in [5, 5.41) is 5.77. The van der Waals surface area contributed by atoms with Gasteiger partial charge in [0.1, 0.15) is 6.04 Å². The summed E-state index contributed by atoms with van der Waals surface area (Å²) in [5.74, 6) is -0.470. The summed E-state index contributed by atoms with van der Waals surface area (Å²) in [4.78, 5) is 22.9. The number of benzene rings is 1. The van der Waals surface area contributed by atoms with Gasteiger partial charge in [0.15, 0.2) is 0 Å². The van der Waals surface area contributed by atoms with Gasteiger partial charge in [-0.2, -0.15) is 0 Å². The number of amides is 3. The Morgan fingerprint density at radius 2 is 1.84 bits per heavy atom. The van der Waals surface area contributed by atoms with Gasteiger partial charge in [0, 0.05) is 5.69 Å². The lowest BCUT2D eigenvalue weighted by atomic mass is 10.0. The predicted molar refractivity (Wildman–Crippen MR) is 76.4 cm³/mol. The maximum absolute atomic E-state index is 12.0. The molecule has 0 bridgehead atoms. The molecule has 1 rings (SSSR count). The minimum absolute atomic E-state index is 0.102. The van der Waals surface area contributed by atoms with Gasteiger partial charge in [0.25, 0.3) is 0 Å². The van der Waals surface area contributed by atoms with Crippen molar-refractivity contribution < 1.29 is 9.59 Å². The van der Waals surface area contributed by atoms with Crippen LogP contribution < -0.4 is 16.4 Å². The molecule has 5 nitrogen and oxygen atoms in total. The Bertz CT molecular complexity index is 492. The normalized spacial score (nSPS) is 12.1. The molecule has 0 unspecified atom stereocenters. The van der Waals surface area contributed by atoms with E-state index in [1.165, 1.54) is 6.07 Å². The van der Waals surface area contributed by atoms with Crippen LogP contribution in [0.25, 0.3) is 0 Å². The fraction of sp³-hybridized carbons (Fsp3) is 0.333. The number of hydrogen-bond acceptors (Lipinski definition) is 2. The number of anilines is 1. The molecular formula is C12H15Cl2N3O2. The van der Waals surface area contributed by atoms with E-state index in [0.29, 0.717) is 15.7 Å². The molecule has 0 aliphatic carbocycles. The van der Waals surface area contributed by atoms with Crippen LogP contribution >= 0.6 is 23.2 Å². The average Bonchev–Trinajstić information content (AvgIpc) is 2.30. The third kappa shape index (κ3) is 4.61. The first kappa shape index (κ1) is 15.6. The highest BCUT2D eigenvalue weighted by atomic mass is 35.5. The van der Waals surface area contributed by atoms with Crippen molar-refractivity contribution in [2.24, 2.45) is 11.7 Å². The first-order valence-electron chi connectivity index (χ1n) is 5.63. The highest BCUT2D eigenvalue weighted by Crippen LogP contribution is 2.25. The Kier molecular flexibility index (Phi) is 5.44. The minimum Gasteiger partial charge on any atom is -0.352 e. The fourth-order valence-electron chi connectivity index (χ4n) is 1.48. The third-order valence-corrected chi connectivity index (χ3v) is 3.17. The summed E-state index contributed by atoms with van der Waals surface area (Å²) < 4.78 is 0. The SMILES string of the molecule is CC(C)[C@H](NC(N)=O)C(=O)Nc1ccc(Cl)c(Cl)c1. The number of halogens is 2. The molecular weight excluding hydrogens is 289 g/mol. The molecule has 0 saturated heterocycles. The van der Waals surface area contributed by atoms with E-state index < -0.39 is 12.1 Å². The number of carbonyl (C=O) groups excluding carboxylic acids is 2. The number of hydrogen-bond donors (Lipinski definition) is 3. The van der Waals surface area contributed by atoms with Crippen molar-refractivity contribution in [2.75, 3.05) is 5.32 Å². The maximum Gasteiger partial charge on any atom is 0.312 e. The third-order valence-electron chi connectivity index (χ3n) is 2.43. The Balaban J connectivity index is 2.81. The molecule has 0 aromatic heterocycles. The van der Waals surface area contributed by atoms with Gasteiger partial charge >= 0.3 is 6.03 Å². The number of primary amides is 1. The fourth-order valence-corrected chi connectivity index (χ4v) is 1.78. The summed E-state index contributed by atoms with van der Waals surface area (Å²) in [6.07, 6.45) is 0. The van der Waals surface area contributed by atoms with Gasteiger partial charge in [-0.15, -0.1) is 0 Å². The van der Waals surface area contributed by atoms with E-state index in [-0.39, 0.29) is 11.8 Å². The highest BCUT2D eigenvalue weighted by Gasteiger charge is 2.23. The average molecular weight is 304 g/mol. The molecule has 104 valence electrons. The van der Waals surface area contributed by atoms with Gasteiger partial charge in [-0.25, -0.2) is 4.79 Å². The summed E-state index contributed by atoms with van der Waals surface area (Å²) in [6.45, 7) is 3.60. The van der Waals surface area contributed by atoms with Gasteiger partial charge in [0.05, 0.1) is 10.0 Å². The largest absolute Gasteiger partial charge is 0.352 e. The molecule has 1 aromatic carbocycles. The molecule has 3 amide bonds. The van der Waals surface area contributed by atoms with Gasteiger partial charge < -0.3 is 16.4 Å². The van der Waals surface area contributed by atoms with E-state index in [1.807, 2.05) is 0 Å². The van der Waals surface area contributed by atoms with Crippen molar-refractivity contribution in [1.82, 2.24) is 5.32 Å². The molecule has 0 radical (unpaired) electrons. The van der Waals surface area contributed by atoms with Crippen molar-refractivity contribution >= 4 is 40.8 Å². The quantitative estimate of drug-likeness (QED) is 0.799. The van der Waals surface area contributed by atoms with Crippen molar-refractivity contribution in [3.05, 3.63) is 28.2 Å². The maximum atomic E-state index is 12.0. The molecule has 0 saturated carbocycles. The Hall–Kier alpha value is -1.46. The van der Waals surface area contributed by atoms with Gasteiger partial charge in [-0.3, -0.25) is 4.79 Å². The van der Waals surface area contributed by atoms with Crippen molar-refractivity contribution in [3.63, 3.8) is 0 Å². The predicted octanol–water partition coefficient (Wildman–Crippen LogP) is 2.62. The van der Waals surface area contributed by atoms with Crippen LogP contribution in [0.3, 0.4) is 0 Å². The van der Waals surface area contributed by atoms with Gasteiger partial charge in [-0.05, 0) is 24.1 Å². The zero-order chi connectivity index (χ0) is 14.6. The number of urea groups is 1. The van der Waals surface area contributed by atoms with Crippen LogP contribution in [0.15, 0.2) is 18.2 Å². The second-order valence-corrected chi connectivity index (χ2v) is 5.16. The highest BCUT2D eigenvalue weighted by molar-refractivity contribution is 6.42. The minimum atomic E-state index is -0.747. The van der Waals surface area contributed by atoms with Gasteiger partial charge in [-0.1, -0.05) is 37.0 Å². The first-order chi connectivity index (χ1) is 8.81. The number of nitrogens with two attached hydrogens (primary N) is 1. The molecule has 0 aliphatic rings. The molecule has 19 heavy (non-hydrogen) atoms. The monoisotopic (exact) mass is 303 g/mol. The van der Waals surface area contributed by atoms with Gasteiger partial charge in [0.2, 0.25) is 5.91 Å². The molecule has 1 atom stereocenters. The van der Waals surface area contributed by atoms with Crippen LogP contribution in [0.2, 0.25) is 10.0 Å². The Labute approximate surface area is 121 Å². The Morgan fingerprint density at radius 1 is 1.21 bits per heavy atom. The van der Waals surface area contributed by atoms with Crippen LogP contribution in [0.1, 0.15) is 13.8 Å². The van der Waals surface area contributed by atoms with Crippen molar-refractivity contribution in [3.8, 4) is 0 Å². The van der Waals surface area contributed by atoms with E-state index in [2.05, 4.69) is 10.6 Å². The molecule has 0 fully saturated rings. The van der Waals surface area contributed by atoms with E-state index in [0.717, 1.165) is 0 Å². The van der Waals surface area contributed by atoms with E-state index in [9.17, 15) is 9.59 Å². The first-order valence-corrected chi connectivity index (χ1v) is 6.38. The lowest BCUT2D eigenvalue weighted by molar-refractivity contribution is -0.118. The molecule has 0 spiro atoms.